The van der Waals surface area contributed by atoms with Crippen molar-refractivity contribution in [3.05, 3.63) is 47.0 Å². The van der Waals surface area contributed by atoms with Crippen LogP contribution in [-0.4, -0.2) is 6.29 Å². The zero-order chi connectivity index (χ0) is 10.7. The summed E-state index contributed by atoms with van der Waals surface area (Å²) in [6.07, 6.45) is 6.45. The van der Waals surface area contributed by atoms with Crippen LogP contribution in [0.3, 0.4) is 0 Å². The van der Waals surface area contributed by atoms with Crippen molar-refractivity contribution in [2.24, 2.45) is 5.92 Å². The molecule has 0 N–H and O–H groups in total. The molecule has 0 aliphatic heterocycles. The number of hydrogen-bond donors (Lipinski definition) is 0. The predicted molar refractivity (Wildman–Crippen MR) is 61.8 cm³/mol. The first-order valence-corrected chi connectivity index (χ1v) is 5.50. The van der Waals surface area contributed by atoms with E-state index >= 15 is 0 Å². The van der Waals surface area contributed by atoms with E-state index in [1.807, 2.05) is 6.92 Å². The van der Waals surface area contributed by atoms with Gasteiger partial charge in [0.15, 0.2) is 0 Å². The molecular weight excluding hydrogens is 184 g/mol. The lowest BCUT2D eigenvalue weighted by molar-refractivity contribution is -0.104. The van der Waals surface area contributed by atoms with E-state index in [0.717, 1.165) is 24.7 Å². The normalized spacial score (nSPS) is 20.9. The van der Waals surface area contributed by atoms with E-state index in [4.69, 9.17) is 0 Å². The van der Waals surface area contributed by atoms with Gasteiger partial charge in [0.1, 0.15) is 6.29 Å². The van der Waals surface area contributed by atoms with Gasteiger partial charge in [-0.2, -0.15) is 0 Å². The quantitative estimate of drug-likeness (QED) is 0.530. The molecule has 1 heteroatoms. The van der Waals surface area contributed by atoms with Crippen LogP contribution in [-0.2, 0) is 17.6 Å². The molecule has 1 aliphatic rings. The minimum absolute atomic E-state index is 0.546. The molecule has 1 aromatic carbocycles. The topological polar surface area (TPSA) is 17.1 Å². The molecule has 0 saturated heterocycles. The number of aryl methyl sites for hydroxylation is 1. The van der Waals surface area contributed by atoms with E-state index in [9.17, 15) is 4.79 Å². The average molecular weight is 200 g/mol. The highest BCUT2D eigenvalue weighted by atomic mass is 16.1. The molecule has 0 bridgehead atoms. The lowest BCUT2D eigenvalue weighted by Gasteiger charge is -2.22. The average Bonchev–Trinajstić information content (AvgIpc) is 2.29. The molecule has 0 unspecified atom stereocenters. The lowest BCUT2D eigenvalue weighted by atomic mass is 9.83. The van der Waals surface area contributed by atoms with Crippen LogP contribution in [0, 0.1) is 5.92 Å². The number of fused-ring (bicyclic) bond motifs is 1. The van der Waals surface area contributed by atoms with E-state index in [1.54, 1.807) is 0 Å². The molecule has 0 spiro atoms. The van der Waals surface area contributed by atoms with E-state index < -0.39 is 0 Å². The lowest BCUT2D eigenvalue weighted by Crippen LogP contribution is -2.12. The zero-order valence-corrected chi connectivity index (χ0v) is 9.07. The Kier molecular flexibility index (Phi) is 3.00. The number of carbonyl (C=O) groups excluding carboxylic acids is 1. The number of aldehydes is 1. The highest BCUT2D eigenvalue weighted by Crippen LogP contribution is 2.26. The third-order valence-corrected chi connectivity index (χ3v) is 3.07. The molecule has 0 saturated carbocycles. The predicted octanol–water partition coefficient (Wildman–Crippen LogP) is 2.94. The number of allylic oxidation sites excluding steroid dienone is 2. The summed E-state index contributed by atoms with van der Waals surface area (Å²) in [5, 5.41) is 0. The standard InChI is InChI=1S/C14H16O/c1-11(10-15)8-12-6-7-13-4-2-3-5-14(13)9-12/h2-5,8,10,12H,6-7,9H2,1H3/b11-8+/t12-/m1/s1. The number of benzene rings is 1. The van der Waals surface area contributed by atoms with Crippen molar-refractivity contribution in [3.8, 4) is 0 Å². The summed E-state index contributed by atoms with van der Waals surface area (Å²) in [7, 11) is 0. The second kappa shape index (κ2) is 4.43. The largest absolute Gasteiger partial charge is 0.298 e. The van der Waals surface area contributed by atoms with Gasteiger partial charge in [0, 0.05) is 0 Å². The SMILES string of the molecule is C/C(C=O)=C\[C@H]1CCc2ccccc2C1. The van der Waals surface area contributed by atoms with Crippen LogP contribution in [0.15, 0.2) is 35.9 Å². The minimum Gasteiger partial charge on any atom is -0.298 e. The molecule has 15 heavy (non-hydrogen) atoms. The molecule has 0 fully saturated rings. The third kappa shape index (κ3) is 2.35. The van der Waals surface area contributed by atoms with Crippen molar-refractivity contribution < 1.29 is 4.79 Å². The van der Waals surface area contributed by atoms with Crippen molar-refractivity contribution in [2.75, 3.05) is 0 Å². The van der Waals surface area contributed by atoms with Crippen LogP contribution in [0.5, 0.6) is 0 Å². The van der Waals surface area contributed by atoms with Crippen LogP contribution >= 0.6 is 0 Å². The van der Waals surface area contributed by atoms with Gasteiger partial charge in [-0.25, -0.2) is 0 Å². The van der Waals surface area contributed by atoms with Crippen molar-refractivity contribution in [1.29, 1.82) is 0 Å². The molecule has 0 amide bonds. The van der Waals surface area contributed by atoms with Crippen molar-refractivity contribution in [2.45, 2.75) is 26.2 Å². The number of carbonyl (C=O) groups is 1. The fourth-order valence-corrected chi connectivity index (χ4v) is 2.28. The van der Waals surface area contributed by atoms with Crippen LogP contribution in [0.1, 0.15) is 24.5 Å². The molecule has 0 heterocycles. The maximum atomic E-state index is 10.6. The maximum absolute atomic E-state index is 10.6. The Bertz CT molecular complexity index is 390. The maximum Gasteiger partial charge on any atom is 0.145 e. The van der Waals surface area contributed by atoms with E-state index in [-0.39, 0.29) is 0 Å². The summed E-state index contributed by atoms with van der Waals surface area (Å²) in [6, 6.07) is 8.61. The van der Waals surface area contributed by atoms with Crippen molar-refractivity contribution >= 4 is 6.29 Å². The van der Waals surface area contributed by atoms with Crippen LogP contribution < -0.4 is 0 Å². The summed E-state index contributed by atoms with van der Waals surface area (Å²) in [5.41, 5.74) is 3.79. The van der Waals surface area contributed by atoms with E-state index in [0.29, 0.717) is 5.92 Å². The first-order valence-electron chi connectivity index (χ1n) is 5.50. The Hall–Kier alpha value is -1.37. The van der Waals surface area contributed by atoms with E-state index in [2.05, 4.69) is 30.3 Å². The molecule has 1 atom stereocenters. The van der Waals surface area contributed by atoms with Gasteiger partial charge >= 0.3 is 0 Å². The number of hydrogen-bond acceptors (Lipinski definition) is 1. The molecule has 78 valence electrons. The van der Waals surface area contributed by atoms with Gasteiger partial charge in [-0.05, 0) is 48.8 Å². The smallest absolute Gasteiger partial charge is 0.145 e. The highest BCUT2D eigenvalue weighted by Gasteiger charge is 2.16. The number of rotatable bonds is 2. The molecule has 2 rings (SSSR count). The van der Waals surface area contributed by atoms with Gasteiger partial charge in [0.25, 0.3) is 0 Å². The summed E-state index contributed by atoms with van der Waals surface area (Å²) in [6.45, 7) is 1.88. The Morgan fingerprint density at radius 1 is 1.33 bits per heavy atom. The van der Waals surface area contributed by atoms with Crippen molar-refractivity contribution in [1.82, 2.24) is 0 Å². The van der Waals surface area contributed by atoms with E-state index in [1.165, 1.54) is 17.5 Å². The molecule has 0 aromatic heterocycles. The van der Waals surface area contributed by atoms with Gasteiger partial charge < -0.3 is 0 Å². The summed E-state index contributed by atoms with van der Waals surface area (Å²) < 4.78 is 0. The van der Waals surface area contributed by atoms with Crippen LogP contribution in [0.2, 0.25) is 0 Å². The third-order valence-electron chi connectivity index (χ3n) is 3.07. The molecular formula is C14H16O. The molecule has 1 aromatic rings. The first-order chi connectivity index (χ1) is 7.29. The summed E-state index contributed by atoms with van der Waals surface area (Å²) in [5.74, 6) is 0.546. The zero-order valence-electron chi connectivity index (χ0n) is 9.07. The highest BCUT2D eigenvalue weighted by molar-refractivity contribution is 5.72. The monoisotopic (exact) mass is 200 g/mol. The minimum atomic E-state index is 0.546. The molecule has 1 aliphatic carbocycles. The Labute approximate surface area is 90.8 Å². The van der Waals surface area contributed by atoms with Gasteiger partial charge in [0.05, 0.1) is 0 Å². The summed E-state index contributed by atoms with van der Waals surface area (Å²) in [4.78, 5) is 10.6. The Balaban J connectivity index is 2.15. The van der Waals surface area contributed by atoms with Gasteiger partial charge in [0.2, 0.25) is 0 Å². The van der Waals surface area contributed by atoms with Gasteiger partial charge in [-0.1, -0.05) is 30.3 Å². The van der Waals surface area contributed by atoms with Gasteiger partial charge in [-0.3, -0.25) is 4.79 Å². The second-order valence-corrected chi connectivity index (χ2v) is 4.30. The Morgan fingerprint density at radius 2 is 2.07 bits per heavy atom. The summed E-state index contributed by atoms with van der Waals surface area (Å²) >= 11 is 0. The van der Waals surface area contributed by atoms with Crippen molar-refractivity contribution in [3.63, 3.8) is 0 Å². The second-order valence-electron chi connectivity index (χ2n) is 4.30. The molecule has 0 radical (unpaired) electrons. The van der Waals surface area contributed by atoms with Gasteiger partial charge in [-0.15, -0.1) is 0 Å². The fraction of sp³-hybridized carbons (Fsp3) is 0.357. The van der Waals surface area contributed by atoms with Crippen LogP contribution in [0.4, 0.5) is 0 Å². The first kappa shape index (κ1) is 10.2. The Morgan fingerprint density at radius 3 is 2.80 bits per heavy atom. The fourth-order valence-electron chi connectivity index (χ4n) is 2.28. The molecule has 1 nitrogen and oxygen atoms in total. The van der Waals surface area contributed by atoms with Crippen LogP contribution in [0.25, 0.3) is 0 Å².